The summed E-state index contributed by atoms with van der Waals surface area (Å²) in [6.07, 6.45) is -3.40. The van der Waals surface area contributed by atoms with Crippen LogP contribution in [0.15, 0.2) is 42.6 Å². The Balaban J connectivity index is 0.000000370. The Morgan fingerprint density at radius 3 is 2.28 bits per heavy atom. The number of hydrogen-bond acceptors (Lipinski definition) is 4. The molecule has 2 aromatic carbocycles. The van der Waals surface area contributed by atoms with Crippen LogP contribution >= 0.6 is 0 Å². The first-order valence-corrected chi connectivity index (χ1v) is 8.05. The molecule has 0 radical (unpaired) electrons. The number of nitrogens with two attached hydrogens (primary N) is 1. The Hall–Kier alpha value is -3.47. The van der Waals surface area contributed by atoms with E-state index in [2.05, 4.69) is 10.4 Å². The predicted octanol–water partition coefficient (Wildman–Crippen LogP) is 2.62. The van der Waals surface area contributed by atoms with Crippen molar-refractivity contribution in [2.75, 3.05) is 7.05 Å². The third-order valence-corrected chi connectivity index (χ3v) is 3.66. The number of nitrogens with one attached hydrogen (secondary N) is 1. The van der Waals surface area contributed by atoms with Crippen molar-refractivity contribution in [3.8, 4) is 5.69 Å². The Bertz CT molecular complexity index is 1030. The standard InChI is InChI=1S/C16H15FN4O.C2HF3O2/c1-19-8-10-2-4-13(5-3-10)21-9-11-6-12(17)7-14(16(18)22)15(11)20-21;3-2(4,5)1(6)7/h2-7,9,19H,8H2,1H3,(H2,18,22);(H,6,7). The van der Waals surface area contributed by atoms with E-state index in [1.807, 2.05) is 31.3 Å². The lowest BCUT2D eigenvalue weighted by Gasteiger charge is -2.03. The fourth-order valence-electron chi connectivity index (χ4n) is 2.39. The molecule has 0 unspecified atom stereocenters. The van der Waals surface area contributed by atoms with Crippen LogP contribution in [-0.2, 0) is 11.3 Å². The molecule has 0 aliphatic carbocycles. The molecule has 154 valence electrons. The topological polar surface area (TPSA) is 110 Å². The predicted molar refractivity (Wildman–Crippen MR) is 96.0 cm³/mol. The molecular formula is C18H16F4N4O3. The van der Waals surface area contributed by atoms with Gasteiger partial charge in [-0.1, -0.05) is 12.1 Å². The van der Waals surface area contributed by atoms with Gasteiger partial charge in [-0.3, -0.25) is 4.79 Å². The van der Waals surface area contributed by atoms with E-state index >= 15 is 0 Å². The van der Waals surface area contributed by atoms with Gasteiger partial charge < -0.3 is 16.2 Å². The van der Waals surface area contributed by atoms with Crippen molar-refractivity contribution in [1.82, 2.24) is 15.1 Å². The maximum Gasteiger partial charge on any atom is 0.490 e. The van der Waals surface area contributed by atoms with E-state index in [1.54, 1.807) is 10.9 Å². The summed E-state index contributed by atoms with van der Waals surface area (Å²) in [6, 6.07) is 10.2. The molecule has 0 saturated heterocycles. The molecule has 0 bridgehead atoms. The molecule has 0 aliphatic rings. The highest BCUT2D eigenvalue weighted by molar-refractivity contribution is 6.04. The van der Waals surface area contributed by atoms with Gasteiger partial charge >= 0.3 is 12.1 Å². The van der Waals surface area contributed by atoms with Gasteiger partial charge in [-0.05, 0) is 36.9 Å². The minimum atomic E-state index is -5.08. The SMILES string of the molecule is CNCc1ccc(-n2cc3cc(F)cc(C(N)=O)c3n2)cc1.O=C(O)C(F)(F)F. The van der Waals surface area contributed by atoms with Crippen LogP contribution in [0.2, 0.25) is 0 Å². The Morgan fingerprint density at radius 2 is 1.79 bits per heavy atom. The molecule has 1 amide bonds. The number of carbonyl (C=O) groups is 2. The van der Waals surface area contributed by atoms with Crippen molar-refractivity contribution >= 4 is 22.8 Å². The fraction of sp³-hybridized carbons (Fsp3) is 0.167. The smallest absolute Gasteiger partial charge is 0.475 e. The number of primary amides is 1. The van der Waals surface area contributed by atoms with Gasteiger partial charge in [0.05, 0.1) is 11.3 Å². The molecule has 0 aliphatic heterocycles. The number of halogens is 4. The number of amides is 1. The van der Waals surface area contributed by atoms with E-state index in [9.17, 15) is 22.4 Å². The first-order valence-electron chi connectivity index (χ1n) is 8.05. The third-order valence-electron chi connectivity index (χ3n) is 3.66. The summed E-state index contributed by atoms with van der Waals surface area (Å²) in [6.45, 7) is 0.776. The second-order valence-corrected chi connectivity index (χ2v) is 5.83. The summed E-state index contributed by atoms with van der Waals surface area (Å²) in [5.74, 6) is -3.96. The molecule has 0 atom stereocenters. The number of benzene rings is 2. The summed E-state index contributed by atoms with van der Waals surface area (Å²) in [5, 5.41) is 15.1. The van der Waals surface area contributed by atoms with Gasteiger partial charge in [0, 0.05) is 18.1 Å². The zero-order valence-corrected chi connectivity index (χ0v) is 15.0. The summed E-state index contributed by atoms with van der Waals surface area (Å²) in [7, 11) is 1.88. The Labute approximate surface area is 161 Å². The van der Waals surface area contributed by atoms with E-state index in [0.717, 1.165) is 23.9 Å². The molecule has 0 fully saturated rings. The maximum atomic E-state index is 13.6. The lowest BCUT2D eigenvalue weighted by Crippen LogP contribution is -2.21. The minimum Gasteiger partial charge on any atom is -0.475 e. The normalized spacial score (nSPS) is 11.1. The van der Waals surface area contributed by atoms with E-state index < -0.39 is 23.9 Å². The third kappa shape index (κ3) is 5.51. The molecule has 29 heavy (non-hydrogen) atoms. The van der Waals surface area contributed by atoms with Crippen LogP contribution in [0.1, 0.15) is 15.9 Å². The summed E-state index contributed by atoms with van der Waals surface area (Å²) < 4.78 is 46.9. The Morgan fingerprint density at radius 1 is 1.21 bits per heavy atom. The average molecular weight is 412 g/mol. The number of carboxylic acid groups (broad SMARTS) is 1. The number of nitrogens with zero attached hydrogens (tertiary/aromatic N) is 2. The van der Waals surface area contributed by atoms with Crippen molar-refractivity contribution in [2.45, 2.75) is 12.7 Å². The average Bonchev–Trinajstić information content (AvgIpc) is 3.05. The van der Waals surface area contributed by atoms with Gasteiger partial charge in [0.1, 0.15) is 11.3 Å². The molecule has 3 rings (SSSR count). The first-order chi connectivity index (χ1) is 13.5. The van der Waals surface area contributed by atoms with E-state index in [0.29, 0.717) is 10.9 Å². The molecule has 3 aromatic rings. The molecule has 7 nitrogen and oxygen atoms in total. The van der Waals surface area contributed by atoms with Crippen LogP contribution in [0.4, 0.5) is 17.6 Å². The number of aliphatic carboxylic acids is 1. The molecule has 11 heteroatoms. The van der Waals surface area contributed by atoms with Gasteiger partial charge in [0.2, 0.25) is 0 Å². The largest absolute Gasteiger partial charge is 0.490 e. The van der Waals surface area contributed by atoms with Gasteiger partial charge in [0.25, 0.3) is 5.91 Å². The van der Waals surface area contributed by atoms with E-state index in [-0.39, 0.29) is 5.56 Å². The van der Waals surface area contributed by atoms with E-state index in [4.69, 9.17) is 15.6 Å². The highest BCUT2D eigenvalue weighted by Crippen LogP contribution is 2.21. The number of carboxylic acids is 1. The lowest BCUT2D eigenvalue weighted by molar-refractivity contribution is -0.192. The number of hydrogen-bond donors (Lipinski definition) is 3. The van der Waals surface area contributed by atoms with Gasteiger partial charge in [-0.25, -0.2) is 13.9 Å². The number of aromatic nitrogens is 2. The van der Waals surface area contributed by atoms with Crippen molar-refractivity contribution in [1.29, 1.82) is 0 Å². The number of rotatable bonds is 4. The number of alkyl halides is 3. The monoisotopic (exact) mass is 412 g/mol. The maximum absolute atomic E-state index is 13.6. The molecule has 1 aromatic heterocycles. The quantitative estimate of drug-likeness (QED) is 0.571. The molecule has 0 spiro atoms. The van der Waals surface area contributed by atoms with Crippen molar-refractivity contribution < 1.29 is 32.3 Å². The van der Waals surface area contributed by atoms with Gasteiger partial charge in [-0.2, -0.15) is 18.3 Å². The molecular weight excluding hydrogens is 396 g/mol. The lowest BCUT2D eigenvalue weighted by atomic mass is 10.1. The molecule has 1 heterocycles. The summed E-state index contributed by atoms with van der Waals surface area (Å²) >= 11 is 0. The van der Waals surface area contributed by atoms with Gasteiger partial charge in [-0.15, -0.1) is 0 Å². The van der Waals surface area contributed by atoms with Crippen molar-refractivity contribution in [3.05, 3.63) is 59.5 Å². The summed E-state index contributed by atoms with van der Waals surface area (Å²) in [4.78, 5) is 20.3. The first kappa shape index (κ1) is 21.8. The zero-order valence-electron chi connectivity index (χ0n) is 15.0. The highest BCUT2D eigenvalue weighted by Gasteiger charge is 2.38. The zero-order chi connectivity index (χ0) is 21.8. The van der Waals surface area contributed by atoms with Crippen LogP contribution in [0.5, 0.6) is 0 Å². The second kappa shape index (κ2) is 8.69. The second-order valence-electron chi connectivity index (χ2n) is 5.83. The summed E-state index contributed by atoms with van der Waals surface area (Å²) in [5.41, 5.74) is 7.74. The highest BCUT2D eigenvalue weighted by atomic mass is 19.4. The van der Waals surface area contributed by atoms with Crippen LogP contribution < -0.4 is 11.1 Å². The van der Waals surface area contributed by atoms with Crippen LogP contribution in [0, 0.1) is 5.82 Å². The van der Waals surface area contributed by atoms with Crippen LogP contribution in [0.3, 0.4) is 0 Å². The minimum absolute atomic E-state index is 0.0838. The molecule has 0 saturated carbocycles. The Kier molecular flexibility index (Phi) is 6.54. The number of carbonyl (C=O) groups excluding carboxylic acids is 1. The fourth-order valence-corrected chi connectivity index (χ4v) is 2.39. The van der Waals surface area contributed by atoms with E-state index in [1.165, 1.54) is 6.07 Å². The van der Waals surface area contributed by atoms with Crippen molar-refractivity contribution in [2.24, 2.45) is 5.73 Å². The van der Waals surface area contributed by atoms with Crippen LogP contribution in [0.25, 0.3) is 16.6 Å². The van der Waals surface area contributed by atoms with Crippen LogP contribution in [-0.4, -0.2) is 40.0 Å². The number of fused-ring (bicyclic) bond motifs is 1. The van der Waals surface area contributed by atoms with Crippen molar-refractivity contribution in [3.63, 3.8) is 0 Å². The van der Waals surface area contributed by atoms with Gasteiger partial charge in [0.15, 0.2) is 0 Å². The molecule has 4 N–H and O–H groups in total.